The van der Waals surface area contributed by atoms with E-state index in [1.165, 1.54) is 11.1 Å². The molecule has 4 rings (SSSR count). The zero-order valence-corrected chi connectivity index (χ0v) is 17.2. The Balaban J connectivity index is 1.32. The quantitative estimate of drug-likeness (QED) is 0.517. The molecule has 0 saturated carbocycles. The summed E-state index contributed by atoms with van der Waals surface area (Å²) in [5.74, 6) is -1.43. The van der Waals surface area contributed by atoms with Gasteiger partial charge in [0.15, 0.2) is 0 Å². The first-order valence-electron chi connectivity index (χ1n) is 10.5. The fraction of sp³-hybridized carbons (Fsp3) is 0.231. The highest BCUT2D eigenvalue weighted by Gasteiger charge is 2.29. The van der Waals surface area contributed by atoms with E-state index in [4.69, 9.17) is 4.74 Å². The van der Waals surface area contributed by atoms with Gasteiger partial charge in [-0.3, -0.25) is 14.9 Å². The summed E-state index contributed by atoms with van der Waals surface area (Å²) < 4.78 is 5.54. The van der Waals surface area contributed by atoms with Gasteiger partial charge in [0.2, 0.25) is 0 Å². The molecule has 3 aromatic carbocycles. The number of aliphatic carboxylic acids is 1. The molecule has 3 aromatic rings. The second-order valence-corrected chi connectivity index (χ2v) is 7.71. The average molecular weight is 415 g/mol. The Morgan fingerprint density at radius 2 is 1.45 bits per heavy atom. The number of carboxylic acids is 1. The molecule has 1 aliphatic carbocycles. The van der Waals surface area contributed by atoms with E-state index in [1.807, 2.05) is 54.6 Å². The van der Waals surface area contributed by atoms with Crippen LogP contribution in [0, 0.1) is 0 Å². The molecule has 0 aliphatic heterocycles. The summed E-state index contributed by atoms with van der Waals surface area (Å²) in [5, 5.41) is 12.3. The topological polar surface area (TPSA) is 75.6 Å². The molecule has 1 atom stereocenters. The largest absolute Gasteiger partial charge is 0.480 e. The third-order valence-electron chi connectivity index (χ3n) is 5.73. The van der Waals surface area contributed by atoms with Crippen molar-refractivity contribution in [1.82, 2.24) is 5.32 Å². The lowest BCUT2D eigenvalue weighted by Gasteiger charge is -2.16. The van der Waals surface area contributed by atoms with E-state index in [2.05, 4.69) is 29.6 Å². The van der Waals surface area contributed by atoms with Crippen LogP contribution in [0.25, 0.3) is 11.1 Å². The molecule has 158 valence electrons. The van der Waals surface area contributed by atoms with Crippen molar-refractivity contribution in [2.45, 2.75) is 24.8 Å². The summed E-state index contributed by atoms with van der Waals surface area (Å²) >= 11 is 0. The first-order chi connectivity index (χ1) is 15.1. The van der Waals surface area contributed by atoms with E-state index in [0.29, 0.717) is 12.8 Å². The molecule has 31 heavy (non-hydrogen) atoms. The lowest BCUT2D eigenvalue weighted by atomic mass is 9.98. The maximum atomic E-state index is 12.3. The summed E-state index contributed by atoms with van der Waals surface area (Å²) in [6.45, 7) is 0.0953. The van der Waals surface area contributed by atoms with Crippen LogP contribution in [0.1, 0.15) is 29.0 Å². The predicted molar refractivity (Wildman–Crippen MR) is 119 cm³/mol. The maximum Gasteiger partial charge on any atom is 0.320 e. The van der Waals surface area contributed by atoms with Crippen molar-refractivity contribution in [2.75, 3.05) is 13.2 Å². The highest BCUT2D eigenvalue weighted by Crippen LogP contribution is 2.44. The summed E-state index contributed by atoms with van der Waals surface area (Å²) in [5.41, 5.74) is 5.71. The van der Waals surface area contributed by atoms with E-state index in [1.54, 1.807) is 0 Å². The standard InChI is InChI=1S/C26H25NO4/c28-25(16-27-24(26(29)30)15-14-18-8-2-1-3-9-18)31-17-23-21-12-6-4-10-19(21)20-11-5-7-13-22(20)23/h1-13,23-24,27H,14-17H2,(H,29,30). The van der Waals surface area contributed by atoms with Crippen LogP contribution in [0.5, 0.6) is 0 Å². The molecule has 0 saturated heterocycles. The number of nitrogens with one attached hydrogen (secondary N) is 1. The normalized spacial score (nSPS) is 13.3. The molecule has 0 aromatic heterocycles. The number of esters is 1. The number of fused-ring (bicyclic) bond motifs is 3. The van der Waals surface area contributed by atoms with Gasteiger partial charge in [-0.25, -0.2) is 0 Å². The van der Waals surface area contributed by atoms with Crippen LogP contribution in [0.15, 0.2) is 78.9 Å². The molecule has 0 bridgehead atoms. The van der Waals surface area contributed by atoms with Gasteiger partial charge in [0, 0.05) is 5.92 Å². The molecule has 0 heterocycles. The Bertz CT molecular complexity index is 1020. The molecule has 1 unspecified atom stereocenters. The van der Waals surface area contributed by atoms with Crippen LogP contribution in [-0.2, 0) is 20.7 Å². The Morgan fingerprint density at radius 3 is 2.06 bits per heavy atom. The number of carbonyl (C=O) groups is 2. The van der Waals surface area contributed by atoms with Crippen molar-refractivity contribution < 1.29 is 19.4 Å². The van der Waals surface area contributed by atoms with Crippen molar-refractivity contribution in [2.24, 2.45) is 0 Å². The fourth-order valence-electron chi connectivity index (χ4n) is 4.14. The summed E-state index contributed by atoms with van der Waals surface area (Å²) in [6, 6.07) is 25.2. The van der Waals surface area contributed by atoms with Gasteiger partial charge in [-0.15, -0.1) is 0 Å². The molecule has 0 fully saturated rings. The highest BCUT2D eigenvalue weighted by atomic mass is 16.5. The van der Waals surface area contributed by atoms with Gasteiger partial charge in [-0.05, 0) is 40.7 Å². The summed E-state index contributed by atoms with van der Waals surface area (Å²) in [4.78, 5) is 23.9. The Labute approximate surface area is 181 Å². The van der Waals surface area contributed by atoms with Gasteiger partial charge in [0.1, 0.15) is 12.6 Å². The molecule has 5 heteroatoms. The van der Waals surface area contributed by atoms with Crippen LogP contribution in [-0.4, -0.2) is 36.2 Å². The summed E-state index contributed by atoms with van der Waals surface area (Å²) in [6.07, 6.45) is 1.02. The number of hydrogen-bond acceptors (Lipinski definition) is 4. The zero-order valence-electron chi connectivity index (χ0n) is 17.2. The van der Waals surface area contributed by atoms with Gasteiger partial charge in [-0.1, -0.05) is 78.9 Å². The van der Waals surface area contributed by atoms with E-state index in [-0.39, 0.29) is 19.1 Å². The van der Waals surface area contributed by atoms with Gasteiger partial charge >= 0.3 is 11.9 Å². The number of carboxylic acid groups (broad SMARTS) is 1. The maximum absolute atomic E-state index is 12.3. The van der Waals surface area contributed by atoms with Gasteiger partial charge < -0.3 is 9.84 Å². The summed E-state index contributed by atoms with van der Waals surface area (Å²) in [7, 11) is 0. The lowest BCUT2D eigenvalue weighted by molar-refractivity contribution is -0.144. The highest BCUT2D eigenvalue weighted by molar-refractivity contribution is 5.79. The Morgan fingerprint density at radius 1 is 0.871 bits per heavy atom. The van der Waals surface area contributed by atoms with E-state index < -0.39 is 18.0 Å². The first kappa shape index (κ1) is 20.8. The van der Waals surface area contributed by atoms with Gasteiger partial charge in [-0.2, -0.15) is 0 Å². The third kappa shape index (κ3) is 4.84. The van der Waals surface area contributed by atoms with Crippen molar-refractivity contribution >= 4 is 11.9 Å². The average Bonchev–Trinajstić information content (AvgIpc) is 3.12. The lowest BCUT2D eigenvalue weighted by Crippen LogP contribution is -2.40. The molecule has 0 amide bonds. The number of carbonyl (C=O) groups excluding carboxylic acids is 1. The molecule has 1 aliphatic rings. The minimum atomic E-state index is -0.970. The first-order valence-corrected chi connectivity index (χ1v) is 10.5. The minimum absolute atomic E-state index is 0.00954. The zero-order chi connectivity index (χ0) is 21.6. The van der Waals surface area contributed by atoms with Crippen molar-refractivity contribution in [1.29, 1.82) is 0 Å². The fourth-order valence-corrected chi connectivity index (χ4v) is 4.14. The second kappa shape index (κ2) is 9.58. The molecular formula is C26H25NO4. The van der Waals surface area contributed by atoms with Crippen LogP contribution < -0.4 is 5.32 Å². The van der Waals surface area contributed by atoms with Crippen LogP contribution in [0.2, 0.25) is 0 Å². The third-order valence-corrected chi connectivity index (χ3v) is 5.73. The number of hydrogen-bond donors (Lipinski definition) is 2. The monoisotopic (exact) mass is 415 g/mol. The molecular weight excluding hydrogens is 390 g/mol. The molecule has 0 spiro atoms. The van der Waals surface area contributed by atoms with Crippen LogP contribution in [0.4, 0.5) is 0 Å². The smallest absolute Gasteiger partial charge is 0.320 e. The van der Waals surface area contributed by atoms with Gasteiger partial charge in [0.05, 0.1) is 6.54 Å². The van der Waals surface area contributed by atoms with Crippen molar-refractivity contribution in [3.8, 4) is 11.1 Å². The number of ether oxygens (including phenoxy) is 1. The number of rotatable bonds is 9. The van der Waals surface area contributed by atoms with Gasteiger partial charge in [0.25, 0.3) is 0 Å². The van der Waals surface area contributed by atoms with Crippen molar-refractivity contribution in [3.63, 3.8) is 0 Å². The Kier molecular flexibility index (Phi) is 6.43. The predicted octanol–water partition coefficient (Wildman–Crippen LogP) is 4.02. The number of aryl methyl sites for hydroxylation is 1. The van der Waals surface area contributed by atoms with Crippen LogP contribution in [0.3, 0.4) is 0 Å². The molecule has 0 radical (unpaired) electrons. The number of benzene rings is 3. The SMILES string of the molecule is O=C(CNC(CCc1ccccc1)C(=O)O)OCC1c2ccccc2-c2ccccc21. The molecule has 2 N–H and O–H groups in total. The molecule has 5 nitrogen and oxygen atoms in total. The van der Waals surface area contributed by atoms with E-state index in [9.17, 15) is 14.7 Å². The Hall–Kier alpha value is -3.44. The van der Waals surface area contributed by atoms with Crippen LogP contribution >= 0.6 is 0 Å². The van der Waals surface area contributed by atoms with E-state index in [0.717, 1.165) is 16.7 Å². The minimum Gasteiger partial charge on any atom is -0.480 e. The second-order valence-electron chi connectivity index (χ2n) is 7.71. The van der Waals surface area contributed by atoms with E-state index >= 15 is 0 Å². The van der Waals surface area contributed by atoms with Crippen molar-refractivity contribution in [3.05, 3.63) is 95.6 Å².